The van der Waals surface area contributed by atoms with E-state index in [0.717, 1.165) is 22.7 Å². The second-order valence-electron chi connectivity index (χ2n) is 4.48. The number of aliphatic hydroxyl groups is 1. The third kappa shape index (κ3) is 4.22. The van der Waals surface area contributed by atoms with Crippen molar-refractivity contribution >= 4 is 11.8 Å². The van der Waals surface area contributed by atoms with Gasteiger partial charge in [-0.2, -0.15) is 13.2 Å². The number of nitrogens with zero attached hydrogens (tertiary/aromatic N) is 1. The first-order valence-electron chi connectivity index (χ1n) is 6.39. The van der Waals surface area contributed by atoms with Crippen LogP contribution in [0.3, 0.4) is 0 Å². The average molecular weight is 313 g/mol. The van der Waals surface area contributed by atoms with E-state index in [9.17, 15) is 18.3 Å². The van der Waals surface area contributed by atoms with Gasteiger partial charge in [-0.15, -0.1) is 0 Å². The zero-order valence-corrected chi connectivity index (χ0v) is 12.1. The first-order chi connectivity index (χ1) is 9.90. The van der Waals surface area contributed by atoms with Crippen molar-refractivity contribution in [3.8, 4) is 0 Å². The van der Waals surface area contributed by atoms with Crippen molar-refractivity contribution in [2.24, 2.45) is 0 Å². The molecule has 1 N–H and O–H groups in total. The van der Waals surface area contributed by atoms with Crippen LogP contribution >= 0.6 is 11.8 Å². The van der Waals surface area contributed by atoms with Gasteiger partial charge in [0.25, 0.3) is 0 Å². The second kappa shape index (κ2) is 6.49. The molecule has 2 aromatic rings. The topological polar surface area (TPSA) is 33.1 Å². The fourth-order valence-corrected chi connectivity index (χ4v) is 2.48. The van der Waals surface area contributed by atoms with Gasteiger partial charge in [0, 0.05) is 11.1 Å². The molecule has 0 aliphatic heterocycles. The summed E-state index contributed by atoms with van der Waals surface area (Å²) in [4.78, 5) is 4.66. The predicted molar refractivity (Wildman–Crippen MR) is 75.1 cm³/mol. The van der Waals surface area contributed by atoms with Gasteiger partial charge < -0.3 is 5.11 Å². The van der Waals surface area contributed by atoms with Gasteiger partial charge >= 0.3 is 6.18 Å². The minimum atomic E-state index is -4.37. The van der Waals surface area contributed by atoms with Crippen molar-refractivity contribution in [2.45, 2.75) is 35.5 Å². The van der Waals surface area contributed by atoms with Gasteiger partial charge in [-0.3, -0.25) is 0 Å². The lowest BCUT2D eigenvalue weighted by atomic mass is 10.1. The molecule has 6 heteroatoms. The highest BCUT2D eigenvalue weighted by Crippen LogP contribution is 2.32. The third-order valence-corrected chi connectivity index (χ3v) is 3.90. The van der Waals surface area contributed by atoms with Crippen LogP contribution in [0.2, 0.25) is 0 Å². The summed E-state index contributed by atoms with van der Waals surface area (Å²) in [7, 11) is 0. The molecule has 0 saturated carbocycles. The van der Waals surface area contributed by atoms with Gasteiger partial charge in [0.15, 0.2) is 0 Å². The lowest BCUT2D eigenvalue weighted by Crippen LogP contribution is -2.04. The predicted octanol–water partition coefficient (Wildman–Crippen LogP) is 4.70. The highest BCUT2D eigenvalue weighted by atomic mass is 32.2. The van der Waals surface area contributed by atoms with Crippen LogP contribution in [-0.2, 0) is 6.18 Å². The number of benzene rings is 1. The quantitative estimate of drug-likeness (QED) is 0.888. The second-order valence-corrected chi connectivity index (χ2v) is 5.57. The summed E-state index contributed by atoms with van der Waals surface area (Å²) in [6.45, 7) is 1.89. The van der Waals surface area contributed by atoms with Crippen LogP contribution in [0, 0.1) is 0 Å². The SMILES string of the molecule is CC[C@@H](O)c1ccc(Sc2ccc(C(F)(F)F)cn2)cc1. The number of aliphatic hydroxyl groups excluding tert-OH is 1. The van der Waals surface area contributed by atoms with Crippen LogP contribution in [-0.4, -0.2) is 10.1 Å². The maximum absolute atomic E-state index is 12.4. The lowest BCUT2D eigenvalue weighted by molar-refractivity contribution is -0.137. The van der Waals surface area contributed by atoms with Gasteiger partial charge in [-0.05, 0) is 36.2 Å². The van der Waals surface area contributed by atoms with Crippen molar-refractivity contribution in [3.05, 3.63) is 53.7 Å². The van der Waals surface area contributed by atoms with Crippen LogP contribution in [0.5, 0.6) is 0 Å². The summed E-state index contributed by atoms with van der Waals surface area (Å²) in [5, 5.41) is 10.2. The van der Waals surface area contributed by atoms with Gasteiger partial charge in [0.2, 0.25) is 0 Å². The summed E-state index contributed by atoms with van der Waals surface area (Å²) < 4.78 is 37.3. The van der Waals surface area contributed by atoms with E-state index in [0.29, 0.717) is 11.4 Å². The van der Waals surface area contributed by atoms with E-state index in [4.69, 9.17) is 0 Å². The molecule has 0 spiro atoms. The van der Waals surface area contributed by atoms with Crippen molar-refractivity contribution in [1.29, 1.82) is 0 Å². The Kier molecular flexibility index (Phi) is 4.90. The van der Waals surface area contributed by atoms with Crippen molar-refractivity contribution in [2.75, 3.05) is 0 Å². The van der Waals surface area contributed by atoms with E-state index in [2.05, 4.69) is 4.98 Å². The fourth-order valence-electron chi connectivity index (χ4n) is 1.72. The van der Waals surface area contributed by atoms with E-state index in [1.54, 1.807) is 12.1 Å². The molecule has 0 aliphatic carbocycles. The molecule has 0 amide bonds. The Morgan fingerprint density at radius 1 is 1.14 bits per heavy atom. The zero-order valence-electron chi connectivity index (χ0n) is 11.3. The van der Waals surface area contributed by atoms with Crippen LogP contribution < -0.4 is 0 Å². The summed E-state index contributed by atoms with van der Waals surface area (Å²) >= 11 is 1.27. The molecular formula is C15H14F3NOS. The number of alkyl halides is 3. The number of pyridine rings is 1. The first-order valence-corrected chi connectivity index (χ1v) is 7.21. The smallest absolute Gasteiger partial charge is 0.388 e. The van der Waals surface area contributed by atoms with Gasteiger partial charge in [-0.25, -0.2) is 4.98 Å². The molecule has 2 nitrogen and oxygen atoms in total. The molecule has 0 aliphatic rings. The van der Waals surface area contributed by atoms with Gasteiger partial charge in [-0.1, -0.05) is 30.8 Å². The molecule has 1 heterocycles. The monoisotopic (exact) mass is 313 g/mol. The molecule has 2 rings (SSSR count). The molecule has 1 atom stereocenters. The van der Waals surface area contributed by atoms with E-state index < -0.39 is 17.8 Å². The zero-order chi connectivity index (χ0) is 15.5. The summed E-state index contributed by atoms with van der Waals surface area (Å²) in [6, 6.07) is 9.62. The minimum absolute atomic E-state index is 0.492. The molecule has 0 bridgehead atoms. The summed E-state index contributed by atoms with van der Waals surface area (Å²) in [5.41, 5.74) is 0.0653. The lowest BCUT2D eigenvalue weighted by Gasteiger charge is -2.09. The normalized spacial score (nSPS) is 13.2. The molecule has 0 saturated heterocycles. The Hall–Kier alpha value is -1.53. The third-order valence-electron chi connectivity index (χ3n) is 2.94. The Bertz CT molecular complexity index is 581. The van der Waals surface area contributed by atoms with E-state index in [-0.39, 0.29) is 0 Å². The maximum atomic E-state index is 12.4. The van der Waals surface area contributed by atoms with Crippen LogP contribution in [0.1, 0.15) is 30.6 Å². The molecule has 1 aromatic heterocycles. The molecule has 0 unspecified atom stereocenters. The largest absolute Gasteiger partial charge is 0.417 e. The number of hydrogen-bond donors (Lipinski definition) is 1. The maximum Gasteiger partial charge on any atom is 0.417 e. The number of rotatable bonds is 4. The average Bonchev–Trinajstić information content (AvgIpc) is 2.47. The van der Waals surface area contributed by atoms with Gasteiger partial charge in [0.05, 0.1) is 11.7 Å². The Labute approximate surface area is 125 Å². The Morgan fingerprint density at radius 2 is 1.81 bits per heavy atom. The molecule has 21 heavy (non-hydrogen) atoms. The van der Waals surface area contributed by atoms with Crippen molar-refractivity contribution in [1.82, 2.24) is 4.98 Å². The Morgan fingerprint density at radius 3 is 2.29 bits per heavy atom. The molecular weight excluding hydrogens is 299 g/mol. The van der Waals surface area contributed by atoms with Crippen LogP contribution in [0.15, 0.2) is 52.5 Å². The Balaban J connectivity index is 2.08. The highest BCUT2D eigenvalue weighted by Gasteiger charge is 2.30. The van der Waals surface area contributed by atoms with Crippen molar-refractivity contribution in [3.63, 3.8) is 0 Å². The van der Waals surface area contributed by atoms with E-state index >= 15 is 0 Å². The first kappa shape index (κ1) is 15.9. The minimum Gasteiger partial charge on any atom is -0.388 e. The number of aromatic nitrogens is 1. The van der Waals surface area contributed by atoms with E-state index in [1.165, 1.54) is 17.8 Å². The molecule has 0 fully saturated rings. The van der Waals surface area contributed by atoms with Crippen LogP contribution in [0.25, 0.3) is 0 Å². The summed E-state index contributed by atoms with van der Waals surface area (Å²) in [5.74, 6) is 0. The van der Waals surface area contributed by atoms with Gasteiger partial charge in [0.1, 0.15) is 5.03 Å². The molecule has 112 valence electrons. The molecule has 1 aromatic carbocycles. The van der Waals surface area contributed by atoms with Crippen molar-refractivity contribution < 1.29 is 18.3 Å². The fraction of sp³-hybridized carbons (Fsp3) is 0.267. The summed E-state index contributed by atoms with van der Waals surface area (Å²) in [6.07, 6.45) is -3.40. The number of halogens is 3. The highest BCUT2D eigenvalue weighted by molar-refractivity contribution is 7.99. The number of hydrogen-bond acceptors (Lipinski definition) is 3. The standard InChI is InChI=1S/C15H14F3NOS/c1-2-13(20)10-3-6-12(7-4-10)21-14-8-5-11(9-19-14)15(16,17)18/h3-9,13,20H,2H2,1H3/t13-/m1/s1. The van der Waals surface area contributed by atoms with E-state index in [1.807, 2.05) is 19.1 Å². The molecule has 0 radical (unpaired) electrons. The van der Waals surface area contributed by atoms with Crippen LogP contribution in [0.4, 0.5) is 13.2 Å².